The van der Waals surface area contributed by atoms with Gasteiger partial charge in [0.15, 0.2) is 17.1 Å². The van der Waals surface area contributed by atoms with Crippen molar-refractivity contribution in [2.24, 2.45) is 0 Å². The number of pyridine rings is 1. The summed E-state index contributed by atoms with van der Waals surface area (Å²) in [5, 5.41) is 18.4. The minimum atomic E-state index is -0.423. The van der Waals surface area contributed by atoms with Crippen molar-refractivity contribution in [3.8, 4) is 33.5 Å². The van der Waals surface area contributed by atoms with Crippen LogP contribution >= 0.6 is 11.3 Å². The molecule has 0 bridgehead atoms. The average Bonchev–Trinajstić information content (AvgIpc) is 3.63. The molecule has 3 nitrogen and oxygen atoms in total. The van der Waals surface area contributed by atoms with Crippen LogP contribution in [0.5, 0.6) is 0 Å². The number of thiophene rings is 1. The van der Waals surface area contributed by atoms with Crippen LogP contribution in [0.1, 0.15) is 0 Å². The van der Waals surface area contributed by atoms with Crippen LogP contribution < -0.4 is 4.65 Å². The smallest absolute Gasteiger partial charge is 0.175 e. The van der Waals surface area contributed by atoms with E-state index in [4.69, 9.17) is 4.98 Å². The number of fused-ring (bicyclic) bond motifs is 7. The molecule has 10 aromatic rings. The van der Waals surface area contributed by atoms with Gasteiger partial charge in [-0.15, -0.1) is 11.3 Å². The summed E-state index contributed by atoms with van der Waals surface area (Å²) in [6.45, 7) is 0. The Morgan fingerprint density at radius 2 is 0.981 bits per heavy atom. The van der Waals surface area contributed by atoms with Crippen LogP contribution in [0.25, 0.3) is 75.4 Å². The third-order valence-corrected chi connectivity index (χ3v) is 11.5. The van der Waals surface area contributed by atoms with E-state index in [0.29, 0.717) is 0 Å². The van der Waals surface area contributed by atoms with Gasteiger partial charge >= 0.3 is 0 Å². The van der Waals surface area contributed by atoms with Crippen LogP contribution in [0.3, 0.4) is 0 Å². The maximum absolute atomic E-state index is 12.3. The van der Waals surface area contributed by atoms with Crippen molar-refractivity contribution >= 4 is 70.2 Å². The van der Waals surface area contributed by atoms with E-state index >= 15 is 0 Å². The minimum Gasteiger partial charge on any atom is -0.246 e. The molecule has 0 unspecified atom stereocenters. The second-order valence-corrected chi connectivity index (χ2v) is 14.5. The Hall–Kier alpha value is -6.43. The molecule has 0 fully saturated rings. The summed E-state index contributed by atoms with van der Waals surface area (Å²) in [4.78, 5) is 5.49. The van der Waals surface area contributed by atoms with Crippen molar-refractivity contribution < 1.29 is 5.21 Å². The van der Waals surface area contributed by atoms with Crippen molar-refractivity contribution in [2.45, 2.75) is 0 Å². The highest BCUT2D eigenvalue weighted by atomic mass is 32.1. The molecular formula is C49H33N2OS+. The van der Waals surface area contributed by atoms with Crippen LogP contribution in [0.2, 0.25) is 0 Å². The molecule has 0 aliphatic rings. The molecule has 0 aliphatic heterocycles. The quantitative estimate of drug-likeness (QED) is 0.107. The van der Waals surface area contributed by atoms with Crippen LogP contribution in [-0.4, -0.2) is 10.2 Å². The Bertz CT molecular complexity index is 2900. The first-order valence-corrected chi connectivity index (χ1v) is 18.6. The fourth-order valence-corrected chi connectivity index (χ4v) is 8.96. The van der Waals surface area contributed by atoms with Crippen molar-refractivity contribution in [2.75, 3.05) is 0 Å². The standard InChI is InChI=1S/C49H33N2OS/c52-51(37-18-6-2-7-19-37,38-20-8-3-9-21-38)39-28-26-33(27-29-39)35-16-12-17-36(32-35)40-23-13-24-42-46-43(48(50-49(40)42)34-14-4-1-5-15-34)30-31-45-47(46)41-22-10-11-25-44(41)53-45/h1-32,52H/q+1. The largest absolute Gasteiger partial charge is 0.246 e. The third-order valence-electron chi connectivity index (χ3n) is 10.4. The molecule has 0 aliphatic carbocycles. The highest BCUT2D eigenvalue weighted by molar-refractivity contribution is 7.26. The van der Waals surface area contributed by atoms with E-state index in [2.05, 4.69) is 121 Å². The molecule has 53 heavy (non-hydrogen) atoms. The van der Waals surface area contributed by atoms with Crippen molar-refractivity contribution in [3.63, 3.8) is 0 Å². The summed E-state index contributed by atoms with van der Waals surface area (Å²) in [5.41, 5.74) is 9.74. The lowest BCUT2D eigenvalue weighted by Crippen LogP contribution is -2.34. The Labute approximate surface area is 311 Å². The first-order valence-electron chi connectivity index (χ1n) is 17.8. The van der Waals surface area contributed by atoms with Gasteiger partial charge in [-0.25, -0.2) is 10.2 Å². The molecule has 250 valence electrons. The van der Waals surface area contributed by atoms with Crippen molar-refractivity contribution in [3.05, 3.63) is 194 Å². The summed E-state index contributed by atoms with van der Waals surface area (Å²) in [5.74, 6) is 0. The predicted octanol–water partition coefficient (Wildman–Crippen LogP) is 14.1. The third kappa shape index (κ3) is 5.15. The van der Waals surface area contributed by atoms with Crippen LogP contribution in [0.15, 0.2) is 194 Å². The van der Waals surface area contributed by atoms with Gasteiger partial charge in [-0.1, -0.05) is 132 Å². The number of rotatable bonds is 6. The summed E-state index contributed by atoms with van der Waals surface area (Å²) in [7, 11) is 0. The number of hydrogen-bond donors (Lipinski definition) is 1. The van der Waals surface area contributed by atoms with Gasteiger partial charge < -0.3 is 0 Å². The van der Waals surface area contributed by atoms with E-state index in [1.54, 1.807) is 0 Å². The number of para-hydroxylation sites is 3. The van der Waals surface area contributed by atoms with E-state index in [1.165, 1.54) is 25.6 Å². The number of hydrogen-bond acceptors (Lipinski definition) is 3. The second kappa shape index (κ2) is 12.7. The Morgan fingerprint density at radius 1 is 0.396 bits per heavy atom. The van der Waals surface area contributed by atoms with Gasteiger partial charge in [0.05, 0.1) is 11.2 Å². The van der Waals surface area contributed by atoms with Crippen LogP contribution in [0.4, 0.5) is 17.1 Å². The van der Waals surface area contributed by atoms with E-state index in [-0.39, 0.29) is 0 Å². The van der Waals surface area contributed by atoms with E-state index in [0.717, 1.165) is 66.9 Å². The molecular weight excluding hydrogens is 665 g/mol. The highest BCUT2D eigenvalue weighted by Gasteiger charge is 2.35. The topological polar surface area (TPSA) is 33.1 Å². The summed E-state index contributed by atoms with van der Waals surface area (Å²) in [6, 6.07) is 67.0. The molecule has 0 atom stereocenters. The summed E-state index contributed by atoms with van der Waals surface area (Å²) >= 11 is 1.85. The van der Waals surface area contributed by atoms with Gasteiger partial charge in [0, 0.05) is 83.9 Å². The molecule has 1 N–H and O–H groups in total. The SMILES string of the molecule is O[N+](c1ccccc1)(c1ccccc1)c1ccc(-c2cccc(-c3cccc4c3nc(-c3ccccc3)c3ccc5sc6ccccc6c5c34)c2)cc1. The van der Waals surface area contributed by atoms with Gasteiger partial charge in [-0.05, 0) is 47.0 Å². The Balaban J connectivity index is 1.14. The van der Waals surface area contributed by atoms with Crippen LogP contribution in [-0.2, 0) is 0 Å². The van der Waals surface area contributed by atoms with Crippen molar-refractivity contribution in [1.29, 1.82) is 0 Å². The van der Waals surface area contributed by atoms with Gasteiger partial charge in [-0.3, -0.25) is 0 Å². The summed E-state index contributed by atoms with van der Waals surface area (Å²) in [6.07, 6.45) is 0. The number of quaternary nitrogens is 1. The molecule has 8 aromatic carbocycles. The fourth-order valence-electron chi connectivity index (χ4n) is 7.85. The zero-order chi connectivity index (χ0) is 35.4. The Morgan fingerprint density at radius 3 is 1.72 bits per heavy atom. The van der Waals surface area contributed by atoms with Crippen LogP contribution in [0, 0.1) is 0 Å². The van der Waals surface area contributed by atoms with Gasteiger partial charge in [0.1, 0.15) is 0 Å². The second-order valence-electron chi connectivity index (χ2n) is 13.4. The maximum Gasteiger partial charge on any atom is 0.175 e. The predicted molar refractivity (Wildman–Crippen MR) is 224 cm³/mol. The molecule has 10 rings (SSSR count). The van der Waals surface area contributed by atoms with E-state index < -0.39 is 4.65 Å². The van der Waals surface area contributed by atoms with Gasteiger partial charge in [0.2, 0.25) is 0 Å². The number of nitrogens with zero attached hydrogens (tertiary/aromatic N) is 2. The molecule has 2 heterocycles. The van der Waals surface area contributed by atoms with Crippen molar-refractivity contribution in [1.82, 2.24) is 9.63 Å². The van der Waals surface area contributed by atoms with E-state index in [1.807, 2.05) is 84.1 Å². The van der Waals surface area contributed by atoms with Gasteiger partial charge in [-0.2, -0.15) is 0 Å². The highest BCUT2D eigenvalue weighted by Crippen LogP contribution is 2.46. The normalized spacial score (nSPS) is 11.9. The zero-order valence-electron chi connectivity index (χ0n) is 28.7. The molecule has 4 heteroatoms. The minimum absolute atomic E-state index is 0.423. The monoisotopic (exact) mass is 697 g/mol. The molecule has 0 spiro atoms. The summed E-state index contributed by atoms with van der Waals surface area (Å²) < 4.78 is 2.15. The van der Waals surface area contributed by atoms with Gasteiger partial charge in [0.25, 0.3) is 0 Å². The lowest BCUT2D eigenvalue weighted by atomic mass is 9.92. The fraction of sp³-hybridized carbons (Fsp3) is 0. The molecule has 0 saturated heterocycles. The number of benzene rings is 8. The zero-order valence-corrected chi connectivity index (χ0v) is 29.5. The lowest BCUT2D eigenvalue weighted by molar-refractivity contribution is 0.0350. The molecule has 0 saturated carbocycles. The Kier molecular flexibility index (Phi) is 7.48. The first kappa shape index (κ1) is 31.3. The molecule has 0 radical (unpaired) electrons. The maximum atomic E-state index is 12.3. The average molecular weight is 698 g/mol. The lowest BCUT2D eigenvalue weighted by Gasteiger charge is -2.28. The molecule has 2 aromatic heterocycles. The number of aromatic nitrogens is 1. The van der Waals surface area contributed by atoms with E-state index in [9.17, 15) is 5.21 Å². The molecule has 0 amide bonds. The first-order chi connectivity index (χ1) is 26.2.